The second-order valence-corrected chi connectivity index (χ2v) is 10.6. The van der Waals surface area contributed by atoms with Gasteiger partial charge in [0.1, 0.15) is 11.7 Å². The van der Waals surface area contributed by atoms with Crippen molar-refractivity contribution in [1.82, 2.24) is 24.4 Å². The summed E-state index contributed by atoms with van der Waals surface area (Å²) < 4.78 is 21.4. The van der Waals surface area contributed by atoms with Crippen LogP contribution in [0.25, 0.3) is 5.65 Å². The predicted octanol–water partition coefficient (Wildman–Crippen LogP) is 1.81. The molecule has 11 nitrogen and oxygen atoms in total. The van der Waals surface area contributed by atoms with Gasteiger partial charge >= 0.3 is 0 Å². The van der Waals surface area contributed by atoms with E-state index in [1.807, 2.05) is 0 Å². The van der Waals surface area contributed by atoms with E-state index >= 15 is 0 Å². The van der Waals surface area contributed by atoms with Gasteiger partial charge in [0, 0.05) is 64.3 Å². The van der Waals surface area contributed by atoms with Crippen molar-refractivity contribution >= 4 is 28.8 Å². The number of anilines is 2. The lowest BCUT2D eigenvalue weighted by Crippen LogP contribution is -2.47. The van der Waals surface area contributed by atoms with Crippen molar-refractivity contribution in [2.24, 2.45) is 0 Å². The smallest absolute Gasteiger partial charge is 0.261 e. The monoisotopic (exact) mass is 539 g/mol. The number of amides is 2. The Morgan fingerprint density at radius 2 is 2.03 bits per heavy atom. The largest absolute Gasteiger partial charge is 0.387 e. The summed E-state index contributed by atoms with van der Waals surface area (Å²) in [5, 5.41) is 17.3. The minimum atomic E-state index is -1.60. The average Bonchev–Trinajstić information content (AvgIpc) is 3.48. The predicted molar refractivity (Wildman–Crippen MR) is 144 cm³/mol. The van der Waals surface area contributed by atoms with Crippen LogP contribution in [-0.2, 0) is 11.3 Å². The van der Waals surface area contributed by atoms with Crippen molar-refractivity contribution in [3.63, 3.8) is 0 Å². The van der Waals surface area contributed by atoms with Crippen LogP contribution in [0.4, 0.5) is 15.8 Å². The number of nitrogens with zero attached hydrogens (tertiary/aromatic N) is 6. The van der Waals surface area contributed by atoms with Gasteiger partial charge < -0.3 is 25.0 Å². The van der Waals surface area contributed by atoms with Crippen LogP contribution in [0.5, 0.6) is 0 Å². The Morgan fingerprint density at radius 3 is 2.74 bits per heavy atom. The van der Waals surface area contributed by atoms with Crippen molar-refractivity contribution in [2.75, 3.05) is 63.2 Å². The fraction of sp³-hybridized carbons (Fsp3) is 0.481. The van der Waals surface area contributed by atoms with Gasteiger partial charge in [-0.2, -0.15) is 5.10 Å². The van der Waals surface area contributed by atoms with Crippen molar-refractivity contribution in [3.8, 4) is 0 Å². The highest BCUT2D eigenvalue weighted by Gasteiger charge is 2.36. The van der Waals surface area contributed by atoms with Crippen molar-refractivity contribution in [1.29, 1.82) is 0 Å². The molecule has 1 fully saturated rings. The van der Waals surface area contributed by atoms with Gasteiger partial charge in [-0.15, -0.1) is 0 Å². The zero-order valence-electron chi connectivity index (χ0n) is 22.4. The Hall–Kier alpha value is -3.61. The number of benzene rings is 1. The number of methoxy groups -OCH3 is 1. The van der Waals surface area contributed by atoms with Crippen LogP contribution in [-0.4, -0.2) is 106 Å². The number of aliphatic hydroxyl groups is 1. The fourth-order valence-electron chi connectivity index (χ4n) is 4.95. The molecule has 0 bridgehead atoms. The second kappa shape index (κ2) is 10.9. The summed E-state index contributed by atoms with van der Waals surface area (Å²) in [7, 11) is 1.68. The maximum Gasteiger partial charge on any atom is 0.261 e. The van der Waals surface area contributed by atoms with Gasteiger partial charge in [0.15, 0.2) is 5.65 Å². The van der Waals surface area contributed by atoms with Crippen molar-refractivity contribution in [3.05, 3.63) is 53.5 Å². The molecule has 39 heavy (non-hydrogen) atoms. The van der Waals surface area contributed by atoms with Crippen LogP contribution in [0.1, 0.15) is 40.1 Å². The van der Waals surface area contributed by atoms with Crippen LogP contribution in [0, 0.1) is 0 Å². The molecule has 0 aliphatic carbocycles. The van der Waals surface area contributed by atoms with E-state index in [-0.39, 0.29) is 24.9 Å². The molecule has 0 spiro atoms. The maximum atomic E-state index is 14.7. The molecular formula is C27H34FN7O4. The summed E-state index contributed by atoms with van der Waals surface area (Å²) in [4.78, 5) is 36.8. The van der Waals surface area contributed by atoms with Crippen LogP contribution >= 0.6 is 0 Å². The summed E-state index contributed by atoms with van der Waals surface area (Å²) in [5.74, 6) is -0.655. The highest BCUT2D eigenvalue weighted by molar-refractivity contribution is 6.10. The molecule has 2 N–H and O–H groups in total. The normalized spacial score (nSPS) is 17.1. The van der Waals surface area contributed by atoms with E-state index in [4.69, 9.17) is 4.74 Å². The summed E-state index contributed by atoms with van der Waals surface area (Å²) in [6.07, 6.45) is 3.19. The molecule has 12 heteroatoms. The zero-order valence-corrected chi connectivity index (χ0v) is 22.4. The fourth-order valence-corrected chi connectivity index (χ4v) is 4.95. The Balaban J connectivity index is 1.44. The number of ether oxygens (including phenoxy) is 1. The third-order valence-electron chi connectivity index (χ3n) is 7.34. The number of carbonyl (C=O) groups excluding carboxylic acids is 2. The van der Waals surface area contributed by atoms with E-state index < -0.39 is 11.8 Å². The van der Waals surface area contributed by atoms with E-state index in [1.165, 1.54) is 29.5 Å². The summed E-state index contributed by atoms with van der Waals surface area (Å²) >= 11 is 0. The molecule has 2 aliphatic rings. The summed E-state index contributed by atoms with van der Waals surface area (Å²) in [6, 6.07) is 5.33. The minimum Gasteiger partial charge on any atom is -0.387 e. The lowest BCUT2D eigenvalue weighted by Gasteiger charge is -2.37. The molecule has 1 atom stereocenters. The van der Waals surface area contributed by atoms with E-state index in [1.54, 1.807) is 37.7 Å². The first-order valence-electron chi connectivity index (χ1n) is 13.0. The molecule has 1 aromatic carbocycles. The zero-order chi connectivity index (χ0) is 27.7. The molecule has 2 aliphatic heterocycles. The van der Waals surface area contributed by atoms with E-state index in [0.717, 1.165) is 25.3 Å². The van der Waals surface area contributed by atoms with E-state index in [2.05, 4.69) is 25.2 Å². The number of hydrogen-bond donors (Lipinski definition) is 2. The van der Waals surface area contributed by atoms with Crippen molar-refractivity contribution in [2.45, 2.75) is 32.2 Å². The van der Waals surface area contributed by atoms with E-state index in [9.17, 15) is 19.1 Å². The summed E-state index contributed by atoms with van der Waals surface area (Å²) in [5.41, 5.74) is 1.66. The highest BCUT2D eigenvalue weighted by atomic mass is 19.1. The molecule has 2 amide bonds. The molecular weight excluding hydrogens is 505 g/mol. The molecule has 0 saturated carbocycles. The first-order valence-corrected chi connectivity index (χ1v) is 13.0. The average molecular weight is 540 g/mol. The van der Waals surface area contributed by atoms with E-state index in [0.29, 0.717) is 47.7 Å². The Kier molecular flexibility index (Phi) is 7.52. The molecule has 0 unspecified atom stereocenters. The molecule has 0 radical (unpaired) electrons. The van der Waals surface area contributed by atoms with Crippen LogP contribution in [0.3, 0.4) is 0 Å². The number of fused-ring (bicyclic) bond motifs is 2. The van der Waals surface area contributed by atoms with Gasteiger partial charge in [-0.1, -0.05) is 0 Å². The topological polar surface area (TPSA) is 116 Å². The van der Waals surface area contributed by atoms with Gasteiger partial charge in [-0.25, -0.2) is 13.9 Å². The van der Waals surface area contributed by atoms with Crippen molar-refractivity contribution < 1.29 is 23.8 Å². The Labute approximate surface area is 226 Å². The number of aromatic nitrogens is 3. The number of hydrogen-bond acceptors (Lipinski definition) is 8. The highest BCUT2D eigenvalue weighted by Crippen LogP contribution is 2.36. The molecule has 3 aromatic rings. The first-order chi connectivity index (χ1) is 18.7. The Bertz CT molecular complexity index is 1360. The van der Waals surface area contributed by atoms with Gasteiger partial charge in [-0.05, 0) is 37.6 Å². The van der Waals surface area contributed by atoms with Gasteiger partial charge in [-0.3, -0.25) is 14.5 Å². The quantitative estimate of drug-likeness (QED) is 0.423. The summed E-state index contributed by atoms with van der Waals surface area (Å²) in [6.45, 7) is 7.24. The SMILES string of the molecule is COCCN1CCN(c2cc3c(cc2NC(=O)c2cnn4cccnc24)CN(C[C@@H](F)C(C)(C)O)C3=O)CC1. The number of halogens is 1. The third kappa shape index (κ3) is 5.58. The van der Waals surface area contributed by atoms with Crippen LogP contribution in [0.15, 0.2) is 36.8 Å². The van der Waals surface area contributed by atoms with Gasteiger partial charge in [0.25, 0.3) is 11.8 Å². The lowest BCUT2D eigenvalue weighted by molar-refractivity contribution is -0.0159. The number of piperazine rings is 1. The molecule has 208 valence electrons. The maximum absolute atomic E-state index is 14.7. The minimum absolute atomic E-state index is 0.191. The lowest BCUT2D eigenvalue weighted by atomic mass is 10.0. The molecule has 2 aromatic heterocycles. The second-order valence-electron chi connectivity index (χ2n) is 10.6. The number of nitrogens with one attached hydrogen (secondary N) is 1. The van der Waals surface area contributed by atoms with Crippen LogP contribution < -0.4 is 10.2 Å². The standard InChI is InChI=1S/C27H34FN7O4/c1-27(2,38)23(28)17-34-16-18-13-21(31-25(36)20-15-30-35-6-4-5-29-24(20)35)22(14-19(18)26(34)37)33-9-7-32(8-10-33)11-12-39-3/h4-6,13-15,23,38H,7-12,16-17H2,1-3H3,(H,31,36)/t23-/m1/s1. The number of alkyl halides is 1. The molecule has 1 saturated heterocycles. The number of carbonyl (C=O) groups is 2. The number of rotatable bonds is 9. The van der Waals surface area contributed by atoms with Gasteiger partial charge in [0.2, 0.25) is 0 Å². The molecule has 4 heterocycles. The van der Waals surface area contributed by atoms with Gasteiger partial charge in [0.05, 0.1) is 36.3 Å². The van der Waals surface area contributed by atoms with Crippen LogP contribution in [0.2, 0.25) is 0 Å². The first kappa shape index (κ1) is 27.0. The third-order valence-corrected chi connectivity index (χ3v) is 7.34. The molecule has 5 rings (SSSR count). The Morgan fingerprint density at radius 1 is 1.26 bits per heavy atom.